The summed E-state index contributed by atoms with van der Waals surface area (Å²) in [5.74, 6) is 1.43. The number of hydrogen-bond acceptors (Lipinski definition) is 6. The average Bonchev–Trinajstić information content (AvgIpc) is 3.11. The minimum atomic E-state index is -0.476. The first-order valence-electron chi connectivity index (χ1n) is 8.82. The van der Waals surface area contributed by atoms with E-state index in [0.717, 1.165) is 11.1 Å². The molecule has 0 aliphatic carbocycles. The molecule has 0 aliphatic rings. The lowest BCUT2D eigenvalue weighted by Crippen LogP contribution is -2.22. The summed E-state index contributed by atoms with van der Waals surface area (Å²) >= 11 is 0. The third-order valence-corrected chi connectivity index (χ3v) is 4.37. The molecular weight excluding hydrogens is 376 g/mol. The fourth-order valence-electron chi connectivity index (χ4n) is 2.93. The van der Waals surface area contributed by atoms with Crippen molar-refractivity contribution in [1.29, 1.82) is 0 Å². The SMILES string of the molecule is COc1cc(-c2ccc(-c3cn(CNC(C)=O)oc3=O)cc2)cc(OC)c1OC. The molecule has 8 heteroatoms. The van der Waals surface area contributed by atoms with Gasteiger partial charge in [0.2, 0.25) is 11.7 Å². The Morgan fingerprint density at radius 2 is 1.55 bits per heavy atom. The molecule has 0 aliphatic heterocycles. The van der Waals surface area contributed by atoms with Crippen LogP contribution in [0.2, 0.25) is 0 Å². The van der Waals surface area contributed by atoms with Crippen molar-refractivity contribution in [2.24, 2.45) is 0 Å². The van der Waals surface area contributed by atoms with Crippen molar-refractivity contribution in [2.75, 3.05) is 21.3 Å². The molecule has 152 valence electrons. The van der Waals surface area contributed by atoms with Gasteiger partial charge in [0.05, 0.1) is 33.1 Å². The second-order valence-corrected chi connectivity index (χ2v) is 6.22. The summed E-state index contributed by atoms with van der Waals surface area (Å²) in [4.78, 5) is 23.1. The molecule has 1 heterocycles. The number of methoxy groups -OCH3 is 3. The first-order chi connectivity index (χ1) is 14.0. The van der Waals surface area contributed by atoms with E-state index in [1.54, 1.807) is 27.5 Å². The van der Waals surface area contributed by atoms with Crippen molar-refractivity contribution in [1.82, 2.24) is 10.1 Å². The van der Waals surface area contributed by atoms with E-state index in [9.17, 15) is 9.59 Å². The van der Waals surface area contributed by atoms with Crippen molar-refractivity contribution in [3.05, 3.63) is 53.0 Å². The highest BCUT2D eigenvalue weighted by Gasteiger charge is 2.15. The molecular formula is C21H22N2O6. The van der Waals surface area contributed by atoms with Crippen LogP contribution in [0.4, 0.5) is 0 Å². The van der Waals surface area contributed by atoms with Gasteiger partial charge in [-0.25, -0.2) is 4.79 Å². The summed E-state index contributed by atoms with van der Waals surface area (Å²) in [7, 11) is 4.68. The molecule has 0 saturated carbocycles. The van der Waals surface area contributed by atoms with Crippen molar-refractivity contribution >= 4 is 5.91 Å². The van der Waals surface area contributed by atoms with E-state index in [1.807, 2.05) is 36.4 Å². The number of carbonyl (C=O) groups is 1. The summed E-state index contributed by atoms with van der Waals surface area (Å²) in [5, 5.41) is 2.57. The maximum Gasteiger partial charge on any atom is 0.365 e. The number of ether oxygens (including phenoxy) is 3. The Hall–Kier alpha value is -3.68. The predicted molar refractivity (Wildman–Crippen MR) is 107 cm³/mol. The second-order valence-electron chi connectivity index (χ2n) is 6.22. The van der Waals surface area contributed by atoms with E-state index in [2.05, 4.69) is 5.32 Å². The largest absolute Gasteiger partial charge is 0.493 e. The second kappa shape index (κ2) is 8.55. The smallest absolute Gasteiger partial charge is 0.365 e. The molecule has 0 radical (unpaired) electrons. The Balaban J connectivity index is 1.91. The standard InChI is InChI=1S/C21H22N2O6/c1-13(24)22-12-23-11-17(21(25)29-23)15-7-5-14(6-8-15)16-9-18(26-2)20(28-4)19(10-16)27-3/h5-11H,12H2,1-4H3,(H,22,24). The van der Waals surface area contributed by atoms with Gasteiger partial charge in [-0.1, -0.05) is 24.3 Å². The summed E-state index contributed by atoms with van der Waals surface area (Å²) in [6.07, 6.45) is 1.56. The van der Waals surface area contributed by atoms with Crippen LogP contribution in [-0.4, -0.2) is 32.0 Å². The molecule has 0 spiro atoms. The van der Waals surface area contributed by atoms with Crippen LogP contribution in [-0.2, 0) is 11.5 Å². The minimum Gasteiger partial charge on any atom is -0.493 e. The van der Waals surface area contributed by atoms with Gasteiger partial charge < -0.3 is 24.1 Å². The van der Waals surface area contributed by atoms with Crippen LogP contribution >= 0.6 is 0 Å². The van der Waals surface area contributed by atoms with E-state index in [1.165, 1.54) is 11.7 Å². The van der Waals surface area contributed by atoms with Crippen LogP contribution in [0.3, 0.4) is 0 Å². The molecule has 0 atom stereocenters. The number of rotatable bonds is 7. The number of carbonyl (C=O) groups excluding carboxylic acids is 1. The van der Waals surface area contributed by atoms with Gasteiger partial charge in [-0.15, -0.1) is 0 Å². The molecule has 0 bridgehead atoms. The lowest BCUT2D eigenvalue weighted by atomic mass is 10.0. The number of hydrogen-bond donors (Lipinski definition) is 1. The first kappa shape index (κ1) is 20.1. The van der Waals surface area contributed by atoms with Crippen molar-refractivity contribution in [3.8, 4) is 39.5 Å². The molecule has 2 aromatic carbocycles. The van der Waals surface area contributed by atoms with Gasteiger partial charge in [0.1, 0.15) is 6.67 Å². The highest BCUT2D eigenvalue weighted by atomic mass is 16.5. The predicted octanol–water partition coefficient (Wildman–Crippen LogP) is 2.89. The minimum absolute atomic E-state index is 0.0914. The van der Waals surface area contributed by atoms with Gasteiger partial charge in [-0.3, -0.25) is 4.79 Å². The van der Waals surface area contributed by atoms with Gasteiger partial charge in [-0.05, 0) is 28.8 Å². The van der Waals surface area contributed by atoms with Crippen molar-refractivity contribution in [2.45, 2.75) is 13.6 Å². The monoisotopic (exact) mass is 398 g/mol. The van der Waals surface area contributed by atoms with Gasteiger partial charge in [0.25, 0.3) is 0 Å². The number of benzene rings is 2. The molecule has 1 N–H and O–H groups in total. The molecule has 3 rings (SSSR count). The van der Waals surface area contributed by atoms with Crippen LogP contribution in [0.25, 0.3) is 22.3 Å². The fourth-order valence-corrected chi connectivity index (χ4v) is 2.93. The van der Waals surface area contributed by atoms with E-state index >= 15 is 0 Å². The summed E-state index contributed by atoms with van der Waals surface area (Å²) < 4.78 is 22.6. The Morgan fingerprint density at radius 1 is 0.966 bits per heavy atom. The Morgan fingerprint density at radius 3 is 2.07 bits per heavy atom. The molecule has 0 unspecified atom stereocenters. The quantitative estimate of drug-likeness (QED) is 0.658. The van der Waals surface area contributed by atoms with E-state index in [0.29, 0.717) is 28.4 Å². The van der Waals surface area contributed by atoms with Gasteiger partial charge in [-0.2, -0.15) is 4.74 Å². The van der Waals surface area contributed by atoms with E-state index < -0.39 is 5.63 Å². The number of nitrogens with one attached hydrogen (secondary N) is 1. The number of aromatic nitrogens is 1. The molecule has 0 fully saturated rings. The van der Waals surface area contributed by atoms with Crippen LogP contribution < -0.4 is 25.2 Å². The highest BCUT2D eigenvalue weighted by Crippen LogP contribution is 2.41. The van der Waals surface area contributed by atoms with Gasteiger partial charge in [0, 0.05) is 6.92 Å². The zero-order chi connectivity index (χ0) is 21.0. The molecule has 3 aromatic rings. The highest BCUT2D eigenvalue weighted by molar-refractivity contribution is 5.74. The number of amides is 1. The lowest BCUT2D eigenvalue weighted by molar-refractivity contribution is -0.119. The van der Waals surface area contributed by atoms with Crippen LogP contribution in [0.1, 0.15) is 6.92 Å². The molecule has 8 nitrogen and oxygen atoms in total. The molecule has 0 saturated heterocycles. The van der Waals surface area contributed by atoms with Crippen molar-refractivity contribution < 1.29 is 23.5 Å². The van der Waals surface area contributed by atoms with E-state index in [-0.39, 0.29) is 12.6 Å². The number of nitrogens with zero attached hydrogens (tertiary/aromatic N) is 1. The average molecular weight is 398 g/mol. The normalized spacial score (nSPS) is 10.5. The molecule has 29 heavy (non-hydrogen) atoms. The summed E-state index contributed by atoms with van der Waals surface area (Å²) in [6.45, 7) is 1.48. The summed E-state index contributed by atoms with van der Waals surface area (Å²) in [5.41, 5.74) is 2.43. The topological polar surface area (TPSA) is 91.9 Å². The Bertz CT molecular complexity index is 1040. The Kier molecular flexibility index (Phi) is 5.92. The summed E-state index contributed by atoms with van der Waals surface area (Å²) in [6, 6.07) is 11.1. The van der Waals surface area contributed by atoms with Crippen LogP contribution in [0, 0.1) is 0 Å². The maximum atomic E-state index is 12.1. The zero-order valence-corrected chi connectivity index (χ0v) is 16.6. The molecule has 1 amide bonds. The molecule has 1 aromatic heterocycles. The third-order valence-electron chi connectivity index (χ3n) is 4.37. The van der Waals surface area contributed by atoms with Crippen LogP contribution in [0.5, 0.6) is 17.2 Å². The zero-order valence-electron chi connectivity index (χ0n) is 16.6. The Labute approximate surface area is 167 Å². The van der Waals surface area contributed by atoms with Gasteiger partial charge in [0.15, 0.2) is 11.5 Å². The lowest BCUT2D eigenvalue weighted by Gasteiger charge is -2.14. The van der Waals surface area contributed by atoms with Crippen molar-refractivity contribution in [3.63, 3.8) is 0 Å². The fraction of sp³-hybridized carbons (Fsp3) is 0.238. The van der Waals surface area contributed by atoms with Gasteiger partial charge >= 0.3 is 5.63 Å². The first-order valence-corrected chi connectivity index (χ1v) is 8.82. The third kappa shape index (κ3) is 4.26. The maximum absolute atomic E-state index is 12.1. The van der Waals surface area contributed by atoms with Crippen LogP contribution in [0.15, 0.2) is 51.9 Å². The van der Waals surface area contributed by atoms with E-state index in [4.69, 9.17) is 18.7 Å².